The van der Waals surface area contributed by atoms with E-state index in [0.29, 0.717) is 17.5 Å². The quantitative estimate of drug-likeness (QED) is 0.639. The van der Waals surface area contributed by atoms with Crippen molar-refractivity contribution >= 4 is 17.7 Å². The number of hydrogen-bond acceptors (Lipinski definition) is 7. The lowest BCUT2D eigenvalue weighted by Crippen LogP contribution is -2.24. The molecule has 0 bridgehead atoms. The van der Waals surface area contributed by atoms with Crippen molar-refractivity contribution in [2.45, 2.75) is 25.5 Å². The topological polar surface area (TPSA) is 91.2 Å². The number of aromatic nitrogens is 4. The van der Waals surface area contributed by atoms with Crippen LogP contribution in [0.3, 0.4) is 0 Å². The van der Waals surface area contributed by atoms with Crippen LogP contribution in [0.4, 0.5) is 0 Å². The minimum Gasteiger partial charge on any atom is -0.454 e. The maximum absolute atomic E-state index is 12.2. The minimum atomic E-state index is -0.0997. The largest absolute Gasteiger partial charge is 0.454 e. The van der Waals surface area contributed by atoms with Crippen LogP contribution in [0.2, 0.25) is 0 Å². The van der Waals surface area contributed by atoms with Crippen LogP contribution in [-0.4, -0.2) is 38.7 Å². The first-order chi connectivity index (χ1) is 13.6. The van der Waals surface area contributed by atoms with Crippen LogP contribution in [0.5, 0.6) is 11.5 Å². The van der Waals surface area contributed by atoms with Gasteiger partial charge in [0.2, 0.25) is 17.9 Å². The van der Waals surface area contributed by atoms with Gasteiger partial charge in [0.25, 0.3) is 0 Å². The Morgan fingerprint density at radius 3 is 2.86 bits per heavy atom. The fourth-order valence-corrected chi connectivity index (χ4v) is 3.44. The molecule has 1 aliphatic rings. The molecule has 0 unspecified atom stereocenters. The van der Waals surface area contributed by atoms with E-state index in [1.807, 2.05) is 43.3 Å². The van der Waals surface area contributed by atoms with Crippen molar-refractivity contribution < 1.29 is 14.3 Å². The van der Waals surface area contributed by atoms with Crippen LogP contribution in [0.1, 0.15) is 16.7 Å². The van der Waals surface area contributed by atoms with Crippen LogP contribution in [0, 0.1) is 13.8 Å². The maximum Gasteiger partial charge on any atom is 0.231 e. The predicted octanol–water partition coefficient (Wildman–Crippen LogP) is 2.42. The Labute approximate surface area is 166 Å². The molecule has 144 valence electrons. The number of benzene rings is 2. The Kier molecular flexibility index (Phi) is 5.16. The predicted molar refractivity (Wildman–Crippen MR) is 104 cm³/mol. The summed E-state index contributed by atoms with van der Waals surface area (Å²) in [4.78, 5) is 12.2. The molecule has 1 aliphatic heterocycles. The molecule has 4 rings (SSSR count). The first-order valence-electron chi connectivity index (χ1n) is 8.74. The number of tetrazole rings is 1. The first-order valence-corrected chi connectivity index (χ1v) is 9.73. The number of hydrogen-bond donors (Lipinski definition) is 1. The van der Waals surface area contributed by atoms with Gasteiger partial charge in [-0.05, 0) is 65.2 Å². The molecule has 0 aliphatic carbocycles. The van der Waals surface area contributed by atoms with Crippen molar-refractivity contribution in [3.05, 3.63) is 53.1 Å². The number of fused-ring (bicyclic) bond motifs is 1. The smallest absolute Gasteiger partial charge is 0.231 e. The Balaban J connectivity index is 1.34. The van der Waals surface area contributed by atoms with Crippen LogP contribution < -0.4 is 14.8 Å². The van der Waals surface area contributed by atoms with Crippen LogP contribution >= 0.6 is 11.8 Å². The minimum absolute atomic E-state index is 0.0997. The fourth-order valence-electron chi connectivity index (χ4n) is 2.72. The first kappa shape index (κ1) is 18.3. The molecule has 3 aromatic rings. The van der Waals surface area contributed by atoms with Gasteiger partial charge in [-0.25, -0.2) is 0 Å². The molecule has 0 spiro atoms. The van der Waals surface area contributed by atoms with Crippen molar-refractivity contribution in [1.29, 1.82) is 0 Å². The van der Waals surface area contributed by atoms with Gasteiger partial charge in [0.1, 0.15) is 0 Å². The summed E-state index contributed by atoms with van der Waals surface area (Å²) in [5, 5.41) is 15.3. The highest BCUT2D eigenvalue weighted by Crippen LogP contribution is 2.32. The Morgan fingerprint density at radius 2 is 2.00 bits per heavy atom. The van der Waals surface area contributed by atoms with Gasteiger partial charge >= 0.3 is 0 Å². The van der Waals surface area contributed by atoms with Crippen molar-refractivity contribution in [1.82, 2.24) is 25.5 Å². The number of carbonyl (C=O) groups is 1. The van der Waals surface area contributed by atoms with E-state index >= 15 is 0 Å². The molecule has 0 saturated heterocycles. The van der Waals surface area contributed by atoms with Crippen molar-refractivity contribution in [3.8, 4) is 17.2 Å². The lowest BCUT2D eigenvalue weighted by atomic mass is 10.1. The summed E-state index contributed by atoms with van der Waals surface area (Å²) in [5.74, 6) is 1.55. The number of carbonyl (C=O) groups excluding carboxylic acids is 1. The molecular formula is C19H19N5O3S. The van der Waals surface area contributed by atoms with Crippen molar-refractivity contribution in [2.24, 2.45) is 0 Å². The zero-order valence-electron chi connectivity index (χ0n) is 15.5. The number of nitrogens with zero attached hydrogens (tertiary/aromatic N) is 4. The molecule has 1 aromatic heterocycles. The summed E-state index contributed by atoms with van der Waals surface area (Å²) in [6, 6.07) is 11.6. The van der Waals surface area contributed by atoms with Crippen molar-refractivity contribution in [2.75, 3.05) is 12.5 Å². The highest BCUT2D eigenvalue weighted by molar-refractivity contribution is 7.99. The zero-order valence-corrected chi connectivity index (χ0v) is 16.3. The molecule has 0 radical (unpaired) electrons. The Bertz CT molecular complexity index is 1020. The summed E-state index contributed by atoms with van der Waals surface area (Å²) in [5.41, 5.74) is 4.18. The van der Waals surface area contributed by atoms with Gasteiger partial charge in [0.15, 0.2) is 11.5 Å². The van der Waals surface area contributed by atoms with E-state index in [4.69, 9.17) is 9.47 Å². The third-order valence-electron chi connectivity index (χ3n) is 4.43. The Hall–Kier alpha value is -3.07. The van der Waals surface area contributed by atoms with E-state index in [-0.39, 0.29) is 18.5 Å². The molecule has 1 N–H and O–H groups in total. The molecule has 0 fully saturated rings. The Morgan fingerprint density at radius 1 is 1.14 bits per heavy atom. The van der Waals surface area contributed by atoms with Gasteiger partial charge in [0, 0.05) is 6.54 Å². The van der Waals surface area contributed by atoms with E-state index in [1.54, 1.807) is 4.68 Å². The normalized spacial score (nSPS) is 12.2. The molecule has 2 aromatic carbocycles. The summed E-state index contributed by atoms with van der Waals surface area (Å²) < 4.78 is 12.3. The monoisotopic (exact) mass is 397 g/mol. The summed E-state index contributed by atoms with van der Waals surface area (Å²) >= 11 is 1.29. The lowest BCUT2D eigenvalue weighted by Gasteiger charge is -2.08. The number of ether oxygens (including phenoxy) is 2. The molecular weight excluding hydrogens is 378 g/mol. The fraction of sp³-hybridized carbons (Fsp3) is 0.263. The second-order valence-corrected chi connectivity index (χ2v) is 7.34. The van der Waals surface area contributed by atoms with Gasteiger partial charge in [-0.2, -0.15) is 4.68 Å². The molecule has 28 heavy (non-hydrogen) atoms. The van der Waals surface area contributed by atoms with E-state index < -0.39 is 0 Å². The molecule has 0 saturated carbocycles. The number of rotatable bonds is 6. The molecule has 9 heteroatoms. The molecule has 1 amide bonds. The number of amides is 1. The summed E-state index contributed by atoms with van der Waals surface area (Å²) in [7, 11) is 0. The van der Waals surface area contributed by atoms with E-state index in [0.717, 1.165) is 22.6 Å². The lowest BCUT2D eigenvalue weighted by molar-refractivity contribution is -0.118. The summed E-state index contributed by atoms with van der Waals surface area (Å²) in [6.07, 6.45) is 0. The average Bonchev–Trinajstić information content (AvgIpc) is 3.35. The number of thioether (sulfide) groups is 1. The molecule has 0 atom stereocenters. The van der Waals surface area contributed by atoms with Gasteiger partial charge in [0.05, 0.1) is 11.4 Å². The van der Waals surface area contributed by atoms with Gasteiger partial charge in [-0.15, -0.1) is 5.10 Å². The standard InChI is InChI=1S/C19H19N5O3S/c1-12-3-5-15(7-13(12)2)24-19(21-22-23-24)28-10-18(25)20-9-14-4-6-16-17(8-14)27-11-26-16/h3-8H,9-11H2,1-2H3,(H,20,25). The second kappa shape index (κ2) is 7.89. The van der Waals surface area contributed by atoms with Gasteiger partial charge < -0.3 is 14.8 Å². The third kappa shape index (κ3) is 3.94. The van der Waals surface area contributed by atoms with E-state index in [2.05, 4.69) is 27.8 Å². The average molecular weight is 397 g/mol. The van der Waals surface area contributed by atoms with E-state index in [1.165, 1.54) is 17.3 Å². The maximum atomic E-state index is 12.2. The highest BCUT2D eigenvalue weighted by atomic mass is 32.2. The van der Waals surface area contributed by atoms with Crippen molar-refractivity contribution in [3.63, 3.8) is 0 Å². The third-order valence-corrected chi connectivity index (χ3v) is 5.35. The van der Waals surface area contributed by atoms with Crippen LogP contribution in [-0.2, 0) is 11.3 Å². The highest BCUT2D eigenvalue weighted by Gasteiger charge is 2.14. The molecule has 2 heterocycles. The number of nitrogens with one attached hydrogen (secondary N) is 1. The van der Waals surface area contributed by atoms with Gasteiger partial charge in [-0.3, -0.25) is 4.79 Å². The molecule has 8 nitrogen and oxygen atoms in total. The van der Waals surface area contributed by atoms with E-state index in [9.17, 15) is 4.79 Å². The summed E-state index contributed by atoms with van der Waals surface area (Å²) in [6.45, 7) is 4.74. The second-order valence-electron chi connectivity index (χ2n) is 6.39. The van der Waals surface area contributed by atoms with Gasteiger partial charge in [-0.1, -0.05) is 23.9 Å². The van der Waals surface area contributed by atoms with Crippen LogP contribution in [0.25, 0.3) is 5.69 Å². The van der Waals surface area contributed by atoms with Crippen LogP contribution in [0.15, 0.2) is 41.6 Å². The number of aryl methyl sites for hydroxylation is 2. The SMILES string of the molecule is Cc1ccc(-n2nnnc2SCC(=O)NCc2ccc3c(c2)OCO3)cc1C. The zero-order chi connectivity index (χ0) is 19.5.